The summed E-state index contributed by atoms with van der Waals surface area (Å²) in [4.78, 5) is 1.28. The summed E-state index contributed by atoms with van der Waals surface area (Å²) in [6, 6.07) is 17.1. The van der Waals surface area contributed by atoms with Gasteiger partial charge in [-0.2, -0.15) is 5.10 Å². The van der Waals surface area contributed by atoms with E-state index in [0.29, 0.717) is 0 Å². The van der Waals surface area contributed by atoms with E-state index in [1.165, 1.54) is 21.4 Å². The van der Waals surface area contributed by atoms with E-state index in [1.807, 2.05) is 30.5 Å². The van der Waals surface area contributed by atoms with Gasteiger partial charge >= 0.3 is 0 Å². The largest absolute Gasteiger partial charge is 0.316 e. The monoisotopic (exact) mass is 297 g/mol. The van der Waals surface area contributed by atoms with Crippen LogP contribution >= 0.6 is 11.8 Å². The maximum absolute atomic E-state index is 4.64. The van der Waals surface area contributed by atoms with Gasteiger partial charge in [0.05, 0.1) is 11.2 Å². The predicted molar refractivity (Wildman–Crippen MR) is 89.5 cm³/mol. The van der Waals surface area contributed by atoms with Gasteiger partial charge in [-0.1, -0.05) is 30.3 Å². The number of benzene rings is 2. The number of hydrogen-bond acceptors (Lipinski definition) is 3. The van der Waals surface area contributed by atoms with Crippen molar-refractivity contribution in [3.63, 3.8) is 0 Å². The van der Waals surface area contributed by atoms with Crippen molar-refractivity contribution in [3.05, 3.63) is 59.8 Å². The van der Waals surface area contributed by atoms with Crippen LogP contribution in [0.25, 0.3) is 10.9 Å². The first-order chi connectivity index (χ1) is 10.3. The first-order valence-electron chi connectivity index (χ1n) is 7.05. The molecule has 0 saturated carbocycles. The molecule has 0 aliphatic heterocycles. The number of nitrogens with zero attached hydrogens (tertiary/aromatic N) is 2. The van der Waals surface area contributed by atoms with E-state index in [1.54, 1.807) is 0 Å². The summed E-state index contributed by atoms with van der Waals surface area (Å²) < 4.78 is 1.96. The highest BCUT2D eigenvalue weighted by molar-refractivity contribution is 7.98. The van der Waals surface area contributed by atoms with Gasteiger partial charge in [0.2, 0.25) is 0 Å². The molecule has 3 rings (SSSR count). The predicted octanol–water partition coefficient (Wildman–Crippen LogP) is 3.59. The first kappa shape index (κ1) is 14.2. The van der Waals surface area contributed by atoms with Crippen molar-refractivity contribution in [2.24, 2.45) is 7.05 Å². The summed E-state index contributed by atoms with van der Waals surface area (Å²) in [5.74, 6) is 0.896. The zero-order valence-electron chi connectivity index (χ0n) is 12.3. The lowest BCUT2D eigenvalue weighted by Crippen LogP contribution is -2.04. The van der Waals surface area contributed by atoms with E-state index in [0.717, 1.165) is 18.0 Å². The molecule has 0 fully saturated rings. The second-order valence-corrected chi connectivity index (χ2v) is 6.10. The van der Waals surface area contributed by atoms with E-state index in [2.05, 4.69) is 58.9 Å². The Hall–Kier alpha value is -1.78. The molecule has 0 spiro atoms. The molecule has 0 saturated heterocycles. The second-order valence-electron chi connectivity index (χ2n) is 5.05. The average molecular weight is 297 g/mol. The third-order valence-electron chi connectivity index (χ3n) is 3.51. The summed E-state index contributed by atoms with van der Waals surface area (Å²) in [7, 11) is 3.97. The number of aryl methyl sites for hydroxylation is 1. The minimum absolute atomic E-state index is 0.896. The highest BCUT2D eigenvalue weighted by Crippen LogP contribution is 2.26. The number of aromatic nitrogens is 2. The summed E-state index contributed by atoms with van der Waals surface area (Å²) in [6.45, 7) is 0.913. The van der Waals surface area contributed by atoms with Crippen LogP contribution in [-0.2, 0) is 19.3 Å². The van der Waals surface area contributed by atoms with Crippen LogP contribution in [-0.4, -0.2) is 16.8 Å². The molecule has 0 bridgehead atoms. The van der Waals surface area contributed by atoms with Gasteiger partial charge in [-0.15, -0.1) is 11.8 Å². The van der Waals surface area contributed by atoms with E-state index >= 15 is 0 Å². The molecule has 1 heterocycles. The Morgan fingerprint density at radius 1 is 1.10 bits per heavy atom. The Bertz CT molecular complexity index is 731. The molecule has 3 nitrogen and oxygen atoms in total. The molecule has 0 unspecified atom stereocenters. The fourth-order valence-corrected chi connectivity index (χ4v) is 3.30. The van der Waals surface area contributed by atoms with E-state index < -0.39 is 0 Å². The summed E-state index contributed by atoms with van der Waals surface area (Å²) >= 11 is 1.83. The Morgan fingerprint density at radius 2 is 1.86 bits per heavy atom. The van der Waals surface area contributed by atoms with Crippen LogP contribution < -0.4 is 5.32 Å². The zero-order valence-corrected chi connectivity index (χ0v) is 13.2. The fourth-order valence-electron chi connectivity index (χ4n) is 2.45. The van der Waals surface area contributed by atoms with Crippen LogP contribution in [0.3, 0.4) is 0 Å². The lowest BCUT2D eigenvalue weighted by molar-refractivity contribution is 0.781. The number of thioether (sulfide) groups is 1. The van der Waals surface area contributed by atoms with Gasteiger partial charge in [0.15, 0.2) is 0 Å². The molecule has 1 N–H and O–H groups in total. The maximum atomic E-state index is 4.64. The summed E-state index contributed by atoms with van der Waals surface area (Å²) in [5, 5.41) is 9.05. The standard InChI is InChI=1S/C17H19N3S/c1-18-11-13-7-9-14(10-8-13)21-12-16-15-5-3-4-6-17(15)20(2)19-16/h3-10,18H,11-12H2,1-2H3. The van der Waals surface area contributed by atoms with Gasteiger partial charge in [0.1, 0.15) is 0 Å². The number of fused-ring (bicyclic) bond motifs is 1. The van der Waals surface area contributed by atoms with Crippen molar-refractivity contribution in [3.8, 4) is 0 Å². The number of para-hydroxylation sites is 1. The number of nitrogens with one attached hydrogen (secondary N) is 1. The molecule has 108 valence electrons. The molecule has 21 heavy (non-hydrogen) atoms. The van der Waals surface area contributed by atoms with Crippen molar-refractivity contribution in [1.29, 1.82) is 0 Å². The maximum Gasteiger partial charge on any atom is 0.0805 e. The van der Waals surface area contributed by atoms with Crippen LogP contribution in [0.4, 0.5) is 0 Å². The highest BCUT2D eigenvalue weighted by Gasteiger charge is 2.08. The van der Waals surface area contributed by atoms with Crippen molar-refractivity contribution < 1.29 is 0 Å². The van der Waals surface area contributed by atoms with Crippen LogP contribution in [0.2, 0.25) is 0 Å². The van der Waals surface area contributed by atoms with Crippen LogP contribution in [0.5, 0.6) is 0 Å². The van der Waals surface area contributed by atoms with Crippen molar-refractivity contribution in [2.75, 3.05) is 7.05 Å². The quantitative estimate of drug-likeness (QED) is 0.730. The topological polar surface area (TPSA) is 29.9 Å². The van der Waals surface area contributed by atoms with E-state index in [4.69, 9.17) is 0 Å². The van der Waals surface area contributed by atoms with Crippen molar-refractivity contribution in [2.45, 2.75) is 17.2 Å². The first-order valence-corrected chi connectivity index (χ1v) is 8.03. The molecule has 0 aliphatic carbocycles. The molecule has 0 atom stereocenters. The van der Waals surface area contributed by atoms with Crippen molar-refractivity contribution in [1.82, 2.24) is 15.1 Å². The molecule has 2 aromatic carbocycles. The lowest BCUT2D eigenvalue weighted by atomic mass is 10.2. The SMILES string of the molecule is CNCc1ccc(SCc2nn(C)c3ccccc23)cc1. The second kappa shape index (κ2) is 6.33. The fraction of sp³-hybridized carbons (Fsp3) is 0.235. The molecule has 1 aromatic heterocycles. The molecule has 0 radical (unpaired) electrons. The molecular weight excluding hydrogens is 278 g/mol. The summed E-state index contributed by atoms with van der Waals surface area (Å²) in [6.07, 6.45) is 0. The van der Waals surface area contributed by atoms with Crippen LogP contribution in [0.1, 0.15) is 11.3 Å². The van der Waals surface area contributed by atoms with E-state index in [-0.39, 0.29) is 0 Å². The van der Waals surface area contributed by atoms with Crippen LogP contribution in [0.15, 0.2) is 53.4 Å². The third kappa shape index (κ3) is 3.12. The molecule has 0 amide bonds. The Kier molecular flexibility index (Phi) is 4.27. The van der Waals surface area contributed by atoms with Gasteiger partial charge in [-0.05, 0) is 30.8 Å². The molecule has 4 heteroatoms. The van der Waals surface area contributed by atoms with Gasteiger partial charge in [0, 0.05) is 29.6 Å². The molecule has 0 aliphatic rings. The van der Waals surface area contributed by atoms with Gasteiger partial charge < -0.3 is 5.32 Å². The Balaban J connectivity index is 1.74. The minimum Gasteiger partial charge on any atom is -0.316 e. The highest BCUT2D eigenvalue weighted by atomic mass is 32.2. The Morgan fingerprint density at radius 3 is 2.62 bits per heavy atom. The smallest absolute Gasteiger partial charge is 0.0805 e. The van der Waals surface area contributed by atoms with Gasteiger partial charge in [-0.25, -0.2) is 0 Å². The van der Waals surface area contributed by atoms with Crippen molar-refractivity contribution >= 4 is 22.7 Å². The van der Waals surface area contributed by atoms with E-state index in [9.17, 15) is 0 Å². The average Bonchev–Trinajstić information content (AvgIpc) is 2.84. The van der Waals surface area contributed by atoms with Gasteiger partial charge in [-0.3, -0.25) is 4.68 Å². The summed E-state index contributed by atoms with van der Waals surface area (Å²) in [5.41, 5.74) is 3.65. The number of hydrogen-bond donors (Lipinski definition) is 1. The third-order valence-corrected chi connectivity index (χ3v) is 4.54. The zero-order chi connectivity index (χ0) is 14.7. The Labute approximate surface area is 129 Å². The molecule has 3 aromatic rings. The van der Waals surface area contributed by atoms with Crippen LogP contribution in [0, 0.1) is 0 Å². The normalized spacial score (nSPS) is 11.1. The number of rotatable bonds is 5. The lowest BCUT2D eigenvalue weighted by Gasteiger charge is -2.03. The van der Waals surface area contributed by atoms with Gasteiger partial charge in [0.25, 0.3) is 0 Å². The molecular formula is C17H19N3S. The minimum atomic E-state index is 0.896.